The van der Waals surface area contributed by atoms with Crippen LogP contribution in [0.25, 0.3) is 0 Å². The lowest BCUT2D eigenvalue weighted by molar-refractivity contribution is -0.132. The standard InChI is InChI=1S/C21H31N3O3/c1-4-12-22-21(27)19(16-10-13-24(14-11-16)18(25)5-2)23-20(26)17-8-6-15(3)7-9-17/h6-9,16,19H,4-5,10-14H2,1-3H3,(H,22,27)(H,23,26)/t19-/m0/s1. The first-order chi connectivity index (χ1) is 13.0. The van der Waals surface area contributed by atoms with Gasteiger partial charge in [-0.1, -0.05) is 31.5 Å². The molecule has 2 rings (SSSR count). The highest BCUT2D eigenvalue weighted by molar-refractivity contribution is 5.97. The van der Waals surface area contributed by atoms with Crippen LogP contribution in [0.4, 0.5) is 0 Å². The highest BCUT2D eigenvalue weighted by atomic mass is 16.2. The molecule has 0 spiro atoms. The smallest absolute Gasteiger partial charge is 0.251 e. The quantitative estimate of drug-likeness (QED) is 0.770. The molecule has 0 aliphatic carbocycles. The summed E-state index contributed by atoms with van der Waals surface area (Å²) in [6.07, 6.45) is 2.76. The van der Waals surface area contributed by atoms with Crippen molar-refractivity contribution in [3.63, 3.8) is 0 Å². The van der Waals surface area contributed by atoms with Crippen molar-refractivity contribution in [2.45, 2.75) is 52.5 Å². The maximum absolute atomic E-state index is 12.7. The Bertz CT molecular complexity index is 649. The van der Waals surface area contributed by atoms with Gasteiger partial charge in [0.2, 0.25) is 11.8 Å². The first-order valence-electron chi connectivity index (χ1n) is 9.89. The van der Waals surface area contributed by atoms with Crippen molar-refractivity contribution >= 4 is 17.7 Å². The first-order valence-corrected chi connectivity index (χ1v) is 9.89. The van der Waals surface area contributed by atoms with Crippen LogP contribution in [0.5, 0.6) is 0 Å². The predicted octanol–water partition coefficient (Wildman–Crippen LogP) is 2.27. The third-order valence-electron chi connectivity index (χ3n) is 5.10. The number of carbonyl (C=O) groups excluding carboxylic acids is 3. The molecule has 0 unspecified atom stereocenters. The minimum Gasteiger partial charge on any atom is -0.354 e. The lowest BCUT2D eigenvalue weighted by Gasteiger charge is -2.35. The SMILES string of the molecule is CCCNC(=O)[C@@H](NC(=O)c1ccc(C)cc1)C1CCN(C(=O)CC)CC1. The van der Waals surface area contributed by atoms with Crippen LogP contribution in [-0.4, -0.2) is 48.3 Å². The molecular formula is C21H31N3O3. The average molecular weight is 373 g/mol. The molecule has 0 aromatic heterocycles. The van der Waals surface area contributed by atoms with Crippen molar-refractivity contribution < 1.29 is 14.4 Å². The van der Waals surface area contributed by atoms with Gasteiger partial charge in [0, 0.05) is 31.6 Å². The minimum absolute atomic E-state index is 0.0251. The summed E-state index contributed by atoms with van der Waals surface area (Å²) in [7, 11) is 0. The monoisotopic (exact) mass is 373 g/mol. The van der Waals surface area contributed by atoms with Crippen LogP contribution in [-0.2, 0) is 9.59 Å². The molecule has 1 aromatic carbocycles. The number of nitrogens with zero attached hydrogens (tertiary/aromatic N) is 1. The zero-order valence-electron chi connectivity index (χ0n) is 16.6. The zero-order chi connectivity index (χ0) is 19.8. The molecule has 1 atom stereocenters. The van der Waals surface area contributed by atoms with E-state index in [1.54, 1.807) is 12.1 Å². The number of amides is 3. The molecule has 1 heterocycles. The Kier molecular flexibility index (Phi) is 7.82. The van der Waals surface area contributed by atoms with Gasteiger partial charge in [0.1, 0.15) is 6.04 Å². The number of benzene rings is 1. The Labute approximate surface area is 161 Å². The van der Waals surface area contributed by atoms with E-state index in [4.69, 9.17) is 0 Å². The van der Waals surface area contributed by atoms with E-state index in [2.05, 4.69) is 10.6 Å². The zero-order valence-corrected chi connectivity index (χ0v) is 16.6. The Morgan fingerprint density at radius 1 is 1.11 bits per heavy atom. The number of likely N-dealkylation sites (tertiary alicyclic amines) is 1. The van der Waals surface area contributed by atoms with E-state index in [1.807, 2.05) is 37.8 Å². The van der Waals surface area contributed by atoms with Crippen molar-refractivity contribution in [1.82, 2.24) is 15.5 Å². The van der Waals surface area contributed by atoms with Crippen molar-refractivity contribution in [3.8, 4) is 0 Å². The van der Waals surface area contributed by atoms with E-state index < -0.39 is 6.04 Å². The summed E-state index contributed by atoms with van der Waals surface area (Å²) in [6.45, 7) is 7.67. The van der Waals surface area contributed by atoms with E-state index in [0.29, 0.717) is 44.5 Å². The number of carbonyl (C=O) groups is 3. The molecule has 1 fully saturated rings. The molecule has 1 saturated heterocycles. The van der Waals surface area contributed by atoms with Gasteiger partial charge in [-0.15, -0.1) is 0 Å². The van der Waals surface area contributed by atoms with Crippen LogP contribution < -0.4 is 10.6 Å². The number of aryl methyl sites for hydroxylation is 1. The van der Waals surface area contributed by atoms with Crippen molar-refractivity contribution in [1.29, 1.82) is 0 Å². The van der Waals surface area contributed by atoms with Gasteiger partial charge < -0.3 is 15.5 Å². The Hall–Kier alpha value is -2.37. The minimum atomic E-state index is -0.579. The Morgan fingerprint density at radius 2 is 1.74 bits per heavy atom. The molecule has 0 saturated carbocycles. The normalized spacial score (nSPS) is 15.9. The number of hydrogen-bond donors (Lipinski definition) is 2. The maximum atomic E-state index is 12.7. The van der Waals surface area contributed by atoms with E-state index in [1.165, 1.54) is 0 Å². The highest BCUT2D eigenvalue weighted by Gasteiger charge is 2.33. The molecular weight excluding hydrogens is 342 g/mol. The summed E-state index contributed by atoms with van der Waals surface area (Å²) in [5.74, 6) is -0.211. The highest BCUT2D eigenvalue weighted by Crippen LogP contribution is 2.22. The second kappa shape index (κ2) is 10.1. The van der Waals surface area contributed by atoms with E-state index in [-0.39, 0.29) is 23.6 Å². The van der Waals surface area contributed by atoms with Crippen LogP contribution in [0.1, 0.15) is 55.5 Å². The molecule has 3 amide bonds. The topological polar surface area (TPSA) is 78.5 Å². The molecule has 1 aromatic rings. The van der Waals surface area contributed by atoms with Crippen LogP contribution in [0.3, 0.4) is 0 Å². The van der Waals surface area contributed by atoms with E-state index in [0.717, 1.165) is 12.0 Å². The molecule has 6 heteroatoms. The fourth-order valence-electron chi connectivity index (χ4n) is 3.39. The number of nitrogens with one attached hydrogen (secondary N) is 2. The van der Waals surface area contributed by atoms with Crippen LogP contribution in [0.15, 0.2) is 24.3 Å². The second-order valence-corrected chi connectivity index (χ2v) is 7.18. The van der Waals surface area contributed by atoms with Gasteiger partial charge in [-0.05, 0) is 44.2 Å². The van der Waals surface area contributed by atoms with Gasteiger partial charge in [-0.3, -0.25) is 14.4 Å². The third-order valence-corrected chi connectivity index (χ3v) is 5.10. The molecule has 0 radical (unpaired) electrons. The molecule has 1 aliphatic heterocycles. The summed E-state index contributed by atoms with van der Waals surface area (Å²) in [5, 5.41) is 5.84. The molecule has 2 N–H and O–H groups in total. The fraction of sp³-hybridized carbons (Fsp3) is 0.571. The van der Waals surface area contributed by atoms with E-state index >= 15 is 0 Å². The summed E-state index contributed by atoms with van der Waals surface area (Å²) < 4.78 is 0. The average Bonchev–Trinajstić information content (AvgIpc) is 2.70. The van der Waals surface area contributed by atoms with Crippen LogP contribution in [0.2, 0.25) is 0 Å². The summed E-state index contributed by atoms with van der Waals surface area (Å²) in [5.41, 5.74) is 1.63. The van der Waals surface area contributed by atoms with Gasteiger partial charge in [-0.2, -0.15) is 0 Å². The Morgan fingerprint density at radius 3 is 2.30 bits per heavy atom. The number of rotatable bonds is 7. The van der Waals surface area contributed by atoms with Crippen molar-refractivity contribution in [2.24, 2.45) is 5.92 Å². The molecule has 0 bridgehead atoms. The number of hydrogen-bond acceptors (Lipinski definition) is 3. The van der Waals surface area contributed by atoms with E-state index in [9.17, 15) is 14.4 Å². The molecule has 1 aliphatic rings. The van der Waals surface area contributed by atoms with Gasteiger partial charge in [0.25, 0.3) is 5.91 Å². The largest absolute Gasteiger partial charge is 0.354 e. The molecule has 148 valence electrons. The van der Waals surface area contributed by atoms with Gasteiger partial charge >= 0.3 is 0 Å². The van der Waals surface area contributed by atoms with Gasteiger partial charge in [0.05, 0.1) is 0 Å². The Balaban J connectivity index is 2.07. The summed E-state index contributed by atoms with van der Waals surface area (Å²) in [6, 6.07) is 6.73. The maximum Gasteiger partial charge on any atom is 0.251 e. The molecule has 6 nitrogen and oxygen atoms in total. The summed E-state index contributed by atoms with van der Waals surface area (Å²) >= 11 is 0. The third kappa shape index (κ3) is 5.81. The van der Waals surface area contributed by atoms with Gasteiger partial charge in [-0.25, -0.2) is 0 Å². The lowest BCUT2D eigenvalue weighted by Crippen LogP contribution is -2.53. The molecule has 27 heavy (non-hydrogen) atoms. The fourth-order valence-corrected chi connectivity index (χ4v) is 3.39. The van der Waals surface area contributed by atoms with Gasteiger partial charge in [0.15, 0.2) is 0 Å². The number of piperidine rings is 1. The van der Waals surface area contributed by atoms with Crippen LogP contribution in [0, 0.1) is 12.8 Å². The second-order valence-electron chi connectivity index (χ2n) is 7.18. The predicted molar refractivity (Wildman–Crippen MR) is 105 cm³/mol. The lowest BCUT2D eigenvalue weighted by atomic mass is 9.88. The first kappa shape index (κ1) is 20.9. The van der Waals surface area contributed by atoms with Crippen LogP contribution >= 0.6 is 0 Å². The summed E-state index contributed by atoms with van der Waals surface area (Å²) in [4.78, 5) is 39.1. The van der Waals surface area contributed by atoms with Crippen molar-refractivity contribution in [2.75, 3.05) is 19.6 Å². The van der Waals surface area contributed by atoms with Crippen molar-refractivity contribution in [3.05, 3.63) is 35.4 Å².